The van der Waals surface area contributed by atoms with E-state index in [1.54, 1.807) is 0 Å². The molecule has 0 amide bonds. The van der Waals surface area contributed by atoms with Gasteiger partial charge < -0.3 is 9.47 Å². The zero-order chi connectivity index (χ0) is 16.0. The largest absolute Gasteiger partial charge is 0.431 e. The van der Waals surface area contributed by atoms with Crippen LogP contribution in [-0.2, 0) is 4.74 Å². The van der Waals surface area contributed by atoms with E-state index in [-0.39, 0.29) is 11.9 Å². The standard InChI is InChI=1S/C17H23F3O2/c1-2-3-13-4-8-15(9-5-13)21-12-17(19,20)22-16-10-6-14(18)7-11-16/h6-7,10-11,13,15H,2-5,8-9,12H2,1H3. The van der Waals surface area contributed by atoms with Gasteiger partial charge in [-0.1, -0.05) is 19.8 Å². The van der Waals surface area contributed by atoms with Crippen LogP contribution in [0.1, 0.15) is 45.4 Å². The Balaban J connectivity index is 1.74. The maximum Gasteiger partial charge on any atom is 0.421 e. The van der Waals surface area contributed by atoms with E-state index in [1.165, 1.54) is 25.0 Å². The summed E-state index contributed by atoms with van der Waals surface area (Å²) in [7, 11) is 0. The number of benzene rings is 1. The second kappa shape index (κ2) is 7.86. The Morgan fingerprint density at radius 3 is 2.32 bits per heavy atom. The van der Waals surface area contributed by atoms with Crippen molar-refractivity contribution >= 4 is 0 Å². The molecule has 0 heterocycles. The predicted molar refractivity (Wildman–Crippen MR) is 78.6 cm³/mol. The smallest absolute Gasteiger partial charge is 0.421 e. The predicted octanol–water partition coefficient (Wildman–Crippen LogP) is 5.17. The molecular weight excluding hydrogens is 293 g/mol. The molecule has 0 unspecified atom stereocenters. The van der Waals surface area contributed by atoms with Gasteiger partial charge >= 0.3 is 6.11 Å². The average Bonchev–Trinajstić information content (AvgIpc) is 2.49. The highest BCUT2D eigenvalue weighted by Crippen LogP contribution is 2.30. The second-order valence-electron chi connectivity index (χ2n) is 5.94. The first-order valence-corrected chi connectivity index (χ1v) is 7.92. The first-order chi connectivity index (χ1) is 10.5. The number of alkyl halides is 2. The van der Waals surface area contributed by atoms with Crippen molar-refractivity contribution in [1.82, 2.24) is 0 Å². The quantitative estimate of drug-likeness (QED) is 0.690. The zero-order valence-corrected chi connectivity index (χ0v) is 12.9. The van der Waals surface area contributed by atoms with E-state index in [1.807, 2.05) is 0 Å². The van der Waals surface area contributed by atoms with Crippen molar-refractivity contribution in [2.24, 2.45) is 5.92 Å². The number of hydrogen-bond donors (Lipinski definition) is 0. The van der Waals surface area contributed by atoms with E-state index in [0.717, 1.165) is 37.8 Å². The van der Waals surface area contributed by atoms with Crippen molar-refractivity contribution in [1.29, 1.82) is 0 Å². The summed E-state index contributed by atoms with van der Waals surface area (Å²) in [5.41, 5.74) is 0. The topological polar surface area (TPSA) is 18.5 Å². The molecule has 0 aliphatic heterocycles. The fraction of sp³-hybridized carbons (Fsp3) is 0.647. The minimum atomic E-state index is -3.40. The van der Waals surface area contributed by atoms with Gasteiger partial charge in [-0.15, -0.1) is 0 Å². The summed E-state index contributed by atoms with van der Waals surface area (Å²) >= 11 is 0. The molecule has 0 aromatic heterocycles. The lowest BCUT2D eigenvalue weighted by molar-refractivity contribution is -0.222. The van der Waals surface area contributed by atoms with Gasteiger partial charge in [0, 0.05) is 0 Å². The van der Waals surface area contributed by atoms with E-state index >= 15 is 0 Å². The molecule has 1 aliphatic rings. The third-order valence-electron chi connectivity index (χ3n) is 4.06. The second-order valence-corrected chi connectivity index (χ2v) is 5.94. The molecule has 0 N–H and O–H groups in total. The SMILES string of the molecule is CCCC1CCC(OCC(F)(F)Oc2ccc(F)cc2)CC1. The zero-order valence-electron chi connectivity index (χ0n) is 12.9. The summed E-state index contributed by atoms with van der Waals surface area (Å²) in [4.78, 5) is 0. The van der Waals surface area contributed by atoms with Gasteiger partial charge in [-0.2, -0.15) is 8.78 Å². The molecule has 0 bridgehead atoms. The van der Waals surface area contributed by atoms with Gasteiger partial charge in [-0.3, -0.25) is 0 Å². The molecule has 1 aromatic rings. The Hall–Kier alpha value is -1.23. The maximum atomic E-state index is 13.7. The lowest BCUT2D eigenvalue weighted by Gasteiger charge is -2.29. The fourth-order valence-corrected chi connectivity index (χ4v) is 2.91. The van der Waals surface area contributed by atoms with Crippen LogP contribution in [0.15, 0.2) is 24.3 Å². The highest BCUT2D eigenvalue weighted by molar-refractivity contribution is 5.22. The highest BCUT2D eigenvalue weighted by atomic mass is 19.3. The molecule has 5 heteroatoms. The first-order valence-electron chi connectivity index (χ1n) is 7.92. The van der Waals surface area contributed by atoms with Crippen LogP contribution in [0.3, 0.4) is 0 Å². The summed E-state index contributed by atoms with van der Waals surface area (Å²) in [5, 5.41) is 0. The number of ether oxygens (including phenoxy) is 2. The van der Waals surface area contributed by atoms with Gasteiger partial charge in [-0.05, 0) is 55.9 Å². The van der Waals surface area contributed by atoms with Crippen LogP contribution in [0.5, 0.6) is 5.75 Å². The summed E-state index contributed by atoms with van der Waals surface area (Å²) in [6, 6.07) is 4.53. The number of rotatable bonds is 7. The Morgan fingerprint density at radius 1 is 1.09 bits per heavy atom. The van der Waals surface area contributed by atoms with Crippen molar-refractivity contribution in [3.8, 4) is 5.75 Å². The minimum Gasteiger partial charge on any atom is -0.431 e. The highest BCUT2D eigenvalue weighted by Gasteiger charge is 2.34. The van der Waals surface area contributed by atoms with Gasteiger partial charge in [0.25, 0.3) is 0 Å². The van der Waals surface area contributed by atoms with Crippen LogP contribution in [0, 0.1) is 11.7 Å². The molecule has 1 aromatic carbocycles. The Morgan fingerprint density at radius 2 is 1.73 bits per heavy atom. The van der Waals surface area contributed by atoms with Crippen LogP contribution in [0.2, 0.25) is 0 Å². The van der Waals surface area contributed by atoms with Crippen LogP contribution in [0.4, 0.5) is 13.2 Å². The lowest BCUT2D eigenvalue weighted by Crippen LogP contribution is -2.34. The fourth-order valence-electron chi connectivity index (χ4n) is 2.91. The van der Waals surface area contributed by atoms with E-state index in [4.69, 9.17) is 4.74 Å². The summed E-state index contributed by atoms with van der Waals surface area (Å²) < 4.78 is 50.1. The Bertz CT molecular complexity index is 440. The molecule has 2 nitrogen and oxygen atoms in total. The Labute approximate surface area is 129 Å². The lowest BCUT2D eigenvalue weighted by atomic mass is 9.85. The molecular formula is C17H23F3O2. The van der Waals surface area contributed by atoms with Gasteiger partial charge in [0.1, 0.15) is 11.6 Å². The monoisotopic (exact) mass is 316 g/mol. The molecule has 1 saturated carbocycles. The first kappa shape index (κ1) is 17.1. The van der Waals surface area contributed by atoms with E-state index in [0.29, 0.717) is 5.92 Å². The molecule has 2 rings (SSSR count). The number of halogens is 3. The molecule has 0 spiro atoms. The maximum absolute atomic E-state index is 13.7. The van der Waals surface area contributed by atoms with E-state index in [2.05, 4.69) is 11.7 Å². The average molecular weight is 316 g/mol. The van der Waals surface area contributed by atoms with Crippen molar-refractivity contribution in [3.63, 3.8) is 0 Å². The summed E-state index contributed by atoms with van der Waals surface area (Å²) in [6.07, 6.45) is 2.60. The molecule has 124 valence electrons. The van der Waals surface area contributed by atoms with Crippen molar-refractivity contribution in [2.75, 3.05) is 6.61 Å². The van der Waals surface area contributed by atoms with Gasteiger partial charge in [0.2, 0.25) is 0 Å². The molecule has 22 heavy (non-hydrogen) atoms. The molecule has 1 aliphatic carbocycles. The molecule has 0 radical (unpaired) electrons. The molecule has 0 saturated heterocycles. The van der Waals surface area contributed by atoms with Crippen molar-refractivity contribution in [3.05, 3.63) is 30.1 Å². The van der Waals surface area contributed by atoms with Crippen molar-refractivity contribution in [2.45, 2.75) is 57.7 Å². The number of hydrogen-bond acceptors (Lipinski definition) is 2. The van der Waals surface area contributed by atoms with Crippen molar-refractivity contribution < 1.29 is 22.6 Å². The van der Waals surface area contributed by atoms with Gasteiger partial charge in [-0.25, -0.2) is 4.39 Å². The molecule has 0 atom stereocenters. The van der Waals surface area contributed by atoms with E-state index in [9.17, 15) is 13.2 Å². The van der Waals surface area contributed by atoms with Crippen LogP contribution < -0.4 is 4.74 Å². The van der Waals surface area contributed by atoms with E-state index < -0.39 is 18.5 Å². The summed E-state index contributed by atoms with van der Waals surface area (Å²) in [6.45, 7) is 1.39. The van der Waals surface area contributed by atoms with Crippen LogP contribution in [-0.4, -0.2) is 18.8 Å². The minimum absolute atomic E-state index is 0.0679. The molecule has 1 fully saturated rings. The van der Waals surface area contributed by atoms with Crippen LogP contribution >= 0.6 is 0 Å². The van der Waals surface area contributed by atoms with Gasteiger partial charge in [0.15, 0.2) is 6.61 Å². The Kier molecular flexibility index (Phi) is 6.12. The summed E-state index contributed by atoms with van der Waals surface area (Å²) in [5.74, 6) is 0.151. The third kappa shape index (κ3) is 5.52. The van der Waals surface area contributed by atoms with Crippen LogP contribution in [0.25, 0.3) is 0 Å². The normalized spacial score (nSPS) is 22.5. The third-order valence-corrected chi connectivity index (χ3v) is 4.06. The van der Waals surface area contributed by atoms with Gasteiger partial charge in [0.05, 0.1) is 6.10 Å².